The summed E-state index contributed by atoms with van der Waals surface area (Å²) >= 11 is 0. The molecule has 0 saturated heterocycles. The topological polar surface area (TPSA) is 12.0 Å². The fraction of sp³-hybridized carbons (Fsp3) is 1.00. The Hall–Kier alpha value is -0.0400. The minimum atomic E-state index is 0.885. The molecular weight excluding hydrogens is 158 g/mol. The first-order valence-corrected chi connectivity index (χ1v) is 6.18. The summed E-state index contributed by atoms with van der Waals surface area (Å²) in [5.41, 5.74) is 0. The van der Waals surface area contributed by atoms with Gasteiger partial charge in [0.1, 0.15) is 0 Å². The zero-order valence-corrected chi connectivity index (χ0v) is 8.47. The maximum atomic E-state index is 3.88. The second-order valence-electron chi connectivity index (χ2n) is 5.43. The number of rotatable bonds is 2. The first kappa shape index (κ1) is 8.28. The summed E-state index contributed by atoms with van der Waals surface area (Å²) < 4.78 is 0. The van der Waals surface area contributed by atoms with Crippen LogP contribution in [0.4, 0.5) is 0 Å². The van der Waals surface area contributed by atoms with Gasteiger partial charge in [-0.2, -0.15) is 0 Å². The van der Waals surface area contributed by atoms with Crippen molar-refractivity contribution in [3.63, 3.8) is 0 Å². The van der Waals surface area contributed by atoms with E-state index in [1.807, 2.05) is 0 Å². The summed E-state index contributed by atoms with van der Waals surface area (Å²) in [4.78, 5) is 0. The molecule has 0 bridgehead atoms. The molecule has 3 saturated carbocycles. The SMILES string of the molecule is C1CCC(NC2CC3CC3C2)CC1. The van der Waals surface area contributed by atoms with Crippen LogP contribution >= 0.6 is 0 Å². The van der Waals surface area contributed by atoms with Crippen molar-refractivity contribution >= 4 is 0 Å². The molecule has 13 heavy (non-hydrogen) atoms. The molecule has 3 aliphatic carbocycles. The van der Waals surface area contributed by atoms with Crippen molar-refractivity contribution in [1.82, 2.24) is 5.32 Å². The standard InChI is InChI=1S/C12H21N/c1-2-4-11(5-3-1)13-12-7-9-6-10(9)8-12/h9-13H,1-8H2. The summed E-state index contributed by atoms with van der Waals surface area (Å²) in [7, 11) is 0. The Kier molecular flexibility index (Phi) is 2.08. The van der Waals surface area contributed by atoms with Gasteiger partial charge in [0.25, 0.3) is 0 Å². The van der Waals surface area contributed by atoms with E-state index >= 15 is 0 Å². The fourth-order valence-electron chi connectivity index (χ4n) is 3.45. The van der Waals surface area contributed by atoms with Gasteiger partial charge in [0.05, 0.1) is 0 Å². The van der Waals surface area contributed by atoms with E-state index in [1.165, 1.54) is 44.9 Å². The van der Waals surface area contributed by atoms with Crippen LogP contribution in [0.3, 0.4) is 0 Å². The van der Waals surface area contributed by atoms with Crippen LogP contribution in [0.2, 0.25) is 0 Å². The van der Waals surface area contributed by atoms with Crippen LogP contribution in [0, 0.1) is 11.8 Å². The lowest BCUT2D eigenvalue weighted by atomic mass is 9.94. The van der Waals surface area contributed by atoms with E-state index in [0.717, 1.165) is 23.9 Å². The van der Waals surface area contributed by atoms with Gasteiger partial charge in [-0.3, -0.25) is 0 Å². The molecule has 0 aromatic carbocycles. The molecule has 3 aliphatic rings. The molecule has 0 heterocycles. The Morgan fingerprint density at radius 3 is 2.08 bits per heavy atom. The molecule has 1 heteroatoms. The van der Waals surface area contributed by atoms with Gasteiger partial charge in [-0.15, -0.1) is 0 Å². The van der Waals surface area contributed by atoms with Crippen molar-refractivity contribution in [2.75, 3.05) is 0 Å². The molecular formula is C12H21N. The molecule has 74 valence electrons. The first-order valence-electron chi connectivity index (χ1n) is 6.18. The van der Waals surface area contributed by atoms with E-state index in [0.29, 0.717) is 0 Å². The third-order valence-electron chi connectivity index (χ3n) is 4.32. The number of hydrogen-bond acceptors (Lipinski definition) is 1. The smallest absolute Gasteiger partial charge is 0.00751 e. The highest BCUT2D eigenvalue weighted by Crippen LogP contribution is 2.51. The molecule has 2 unspecified atom stereocenters. The highest BCUT2D eigenvalue weighted by molar-refractivity contribution is 4.99. The quantitative estimate of drug-likeness (QED) is 0.687. The van der Waals surface area contributed by atoms with Crippen LogP contribution in [0.5, 0.6) is 0 Å². The van der Waals surface area contributed by atoms with Crippen molar-refractivity contribution in [2.45, 2.75) is 63.5 Å². The fourth-order valence-corrected chi connectivity index (χ4v) is 3.45. The zero-order chi connectivity index (χ0) is 8.67. The minimum Gasteiger partial charge on any atom is -0.311 e. The summed E-state index contributed by atoms with van der Waals surface area (Å²) in [6.07, 6.45) is 11.9. The van der Waals surface area contributed by atoms with Crippen LogP contribution in [0.1, 0.15) is 51.4 Å². The van der Waals surface area contributed by atoms with Crippen molar-refractivity contribution < 1.29 is 0 Å². The maximum Gasteiger partial charge on any atom is 0.00751 e. The van der Waals surface area contributed by atoms with Gasteiger partial charge in [0.2, 0.25) is 0 Å². The molecule has 0 aliphatic heterocycles. The Bertz CT molecular complexity index is 174. The normalized spacial score (nSPS) is 44.8. The highest BCUT2D eigenvalue weighted by atomic mass is 15.0. The van der Waals surface area contributed by atoms with Crippen LogP contribution in [-0.2, 0) is 0 Å². The number of fused-ring (bicyclic) bond motifs is 1. The Labute approximate surface area is 81.3 Å². The molecule has 0 aromatic heterocycles. The average molecular weight is 179 g/mol. The third-order valence-corrected chi connectivity index (χ3v) is 4.32. The molecule has 0 radical (unpaired) electrons. The maximum absolute atomic E-state index is 3.88. The summed E-state index contributed by atoms with van der Waals surface area (Å²) in [5.74, 6) is 2.28. The molecule has 0 amide bonds. The summed E-state index contributed by atoms with van der Waals surface area (Å²) in [6, 6.07) is 1.79. The van der Waals surface area contributed by atoms with E-state index in [2.05, 4.69) is 5.32 Å². The monoisotopic (exact) mass is 179 g/mol. The number of hydrogen-bond donors (Lipinski definition) is 1. The lowest BCUT2D eigenvalue weighted by Crippen LogP contribution is -2.38. The van der Waals surface area contributed by atoms with Gasteiger partial charge in [-0.25, -0.2) is 0 Å². The van der Waals surface area contributed by atoms with Gasteiger partial charge in [-0.05, 0) is 43.9 Å². The van der Waals surface area contributed by atoms with Crippen LogP contribution in [0.25, 0.3) is 0 Å². The van der Waals surface area contributed by atoms with Gasteiger partial charge in [-0.1, -0.05) is 19.3 Å². The predicted molar refractivity (Wildman–Crippen MR) is 54.6 cm³/mol. The van der Waals surface area contributed by atoms with E-state index in [-0.39, 0.29) is 0 Å². The largest absolute Gasteiger partial charge is 0.311 e. The van der Waals surface area contributed by atoms with Gasteiger partial charge in [0, 0.05) is 12.1 Å². The van der Waals surface area contributed by atoms with Gasteiger partial charge < -0.3 is 5.32 Å². The lowest BCUT2D eigenvalue weighted by molar-refractivity contribution is 0.327. The highest BCUT2D eigenvalue weighted by Gasteiger charge is 2.45. The molecule has 0 aromatic rings. The van der Waals surface area contributed by atoms with E-state index in [9.17, 15) is 0 Å². The minimum absolute atomic E-state index is 0.885. The zero-order valence-electron chi connectivity index (χ0n) is 8.47. The second-order valence-corrected chi connectivity index (χ2v) is 5.43. The van der Waals surface area contributed by atoms with E-state index in [1.54, 1.807) is 6.42 Å². The first-order chi connectivity index (χ1) is 6.42. The van der Waals surface area contributed by atoms with Crippen LogP contribution in [-0.4, -0.2) is 12.1 Å². The molecule has 0 spiro atoms. The van der Waals surface area contributed by atoms with Crippen LogP contribution < -0.4 is 5.32 Å². The molecule has 2 atom stereocenters. The molecule has 3 rings (SSSR count). The van der Waals surface area contributed by atoms with Gasteiger partial charge >= 0.3 is 0 Å². The van der Waals surface area contributed by atoms with Crippen molar-refractivity contribution in [3.8, 4) is 0 Å². The van der Waals surface area contributed by atoms with Crippen molar-refractivity contribution in [2.24, 2.45) is 11.8 Å². The van der Waals surface area contributed by atoms with E-state index in [4.69, 9.17) is 0 Å². The number of nitrogens with one attached hydrogen (secondary N) is 1. The molecule has 1 nitrogen and oxygen atoms in total. The van der Waals surface area contributed by atoms with Gasteiger partial charge in [0.15, 0.2) is 0 Å². The van der Waals surface area contributed by atoms with Crippen molar-refractivity contribution in [1.29, 1.82) is 0 Å². The lowest BCUT2D eigenvalue weighted by Gasteiger charge is -2.27. The summed E-state index contributed by atoms with van der Waals surface area (Å²) in [6.45, 7) is 0. The molecule has 3 fully saturated rings. The second kappa shape index (κ2) is 3.27. The average Bonchev–Trinajstić information content (AvgIpc) is 2.76. The van der Waals surface area contributed by atoms with Crippen molar-refractivity contribution in [3.05, 3.63) is 0 Å². The predicted octanol–water partition coefficient (Wildman–Crippen LogP) is 2.71. The molecule has 1 N–H and O–H groups in total. The van der Waals surface area contributed by atoms with E-state index < -0.39 is 0 Å². The summed E-state index contributed by atoms with van der Waals surface area (Å²) in [5, 5.41) is 3.88. The Morgan fingerprint density at radius 1 is 0.692 bits per heavy atom. The third kappa shape index (κ3) is 1.76. The van der Waals surface area contributed by atoms with Crippen LogP contribution in [0.15, 0.2) is 0 Å². The Morgan fingerprint density at radius 2 is 1.38 bits per heavy atom. The Balaban J connectivity index is 1.46.